The molecule has 0 atom stereocenters. The summed E-state index contributed by atoms with van der Waals surface area (Å²) in [7, 11) is 3.04. The lowest BCUT2D eigenvalue weighted by atomic mass is 10.1. The predicted molar refractivity (Wildman–Crippen MR) is 65.2 cm³/mol. The number of ether oxygens (including phenoxy) is 2. The zero-order valence-corrected chi connectivity index (χ0v) is 10.1. The molecule has 0 aliphatic rings. The molecule has 0 aliphatic carbocycles. The molecule has 0 aliphatic heterocycles. The maximum absolute atomic E-state index is 11.1. The number of halogens is 1. The van der Waals surface area contributed by atoms with Crippen molar-refractivity contribution in [3.8, 4) is 11.5 Å². The highest BCUT2D eigenvalue weighted by Gasteiger charge is 2.13. The van der Waals surface area contributed by atoms with Crippen LogP contribution in [0.5, 0.6) is 11.5 Å². The summed E-state index contributed by atoms with van der Waals surface area (Å²) in [6, 6.07) is 3.27. The van der Waals surface area contributed by atoms with E-state index in [1.807, 2.05) is 0 Å². The molecule has 0 radical (unpaired) electrons. The van der Waals surface area contributed by atoms with Gasteiger partial charge in [0.15, 0.2) is 6.29 Å². The van der Waals surface area contributed by atoms with Gasteiger partial charge in [-0.05, 0) is 6.07 Å². The summed E-state index contributed by atoms with van der Waals surface area (Å²) in [6.07, 6.45) is 2.31. The van der Waals surface area contributed by atoms with Crippen LogP contribution in [0.1, 0.15) is 10.4 Å². The van der Waals surface area contributed by atoms with Gasteiger partial charge in [-0.15, -0.1) is 0 Å². The van der Waals surface area contributed by atoms with Crippen LogP contribution in [-0.4, -0.2) is 25.5 Å². The second-order valence-electron chi connectivity index (χ2n) is 3.37. The number of carbonyl (C=O) groups excluding carboxylic acids is 1. The zero-order chi connectivity index (χ0) is 12.4. The third kappa shape index (κ3) is 1.91. The van der Waals surface area contributed by atoms with Crippen molar-refractivity contribution in [3.05, 3.63) is 29.0 Å². The van der Waals surface area contributed by atoms with Gasteiger partial charge >= 0.3 is 0 Å². The van der Waals surface area contributed by atoms with Gasteiger partial charge in [0.25, 0.3) is 0 Å². The Labute approximate surface area is 103 Å². The lowest BCUT2D eigenvalue weighted by molar-refractivity contribution is 0.112. The predicted octanol–water partition coefficient (Wildman–Crippen LogP) is 2.72. The molecule has 0 saturated heterocycles. The molecule has 0 saturated carbocycles. The minimum Gasteiger partial charge on any atom is -0.496 e. The number of nitrogens with zero attached hydrogens (tertiary/aromatic N) is 1. The van der Waals surface area contributed by atoms with Gasteiger partial charge in [0.2, 0.25) is 0 Å². The molecule has 1 aromatic heterocycles. The number of aldehydes is 1. The number of aromatic nitrogens is 1. The highest BCUT2D eigenvalue weighted by atomic mass is 35.5. The summed E-state index contributed by atoms with van der Waals surface area (Å²) < 4.78 is 10.4. The summed E-state index contributed by atoms with van der Waals surface area (Å²) in [5, 5.41) is 1.70. The molecule has 0 unspecified atom stereocenters. The zero-order valence-electron chi connectivity index (χ0n) is 9.36. The monoisotopic (exact) mass is 251 g/mol. The van der Waals surface area contributed by atoms with E-state index in [4.69, 9.17) is 21.1 Å². The maximum Gasteiger partial charge on any atom is 0.154 e. The van der Waals surface area contributed by atoms with E-state index in [9.17, 15) is 4.79 Å². The van der Waals surface area contributed by atoms with Crippen molar-refractivity contribution in [2.45, 2.75) is 0 Å². The lowest BCUT2D eigenvalue weighted by Crippen LogP contribution is -1.96. The molecule has 0 bridgehead atoms. The van der Waals surface area contributed by atoms with E-state index in [2.05, 4.69) is 4.98 Å². The first-order valence-corrected chi connectivity index (χ1v) is 5.24. The molecule has 2 rings (SSSR count). The number of hydrogen-bond acceptors (Lipinski definition) is 4. The molecule has 1 heterocycles. The molecular formula is C12H10ClNO3. The molecule has 0 amide bonds. The lowest BCUT2D eigenvalue weighted by Gasteiger charge is -2.11. The van der Waals surface area contributed by atoms with Crippen LogP contribution in [0.25, 0.3) is 10.8 Å². The Balaban J connectivity index is 2.91. The van der Waals surface area contributed by atoms with E-state index in [1.165, 1.54) is 7.11 Å². The fraction of sp³-hybridized carbons (Fsp3) is 0.167. The van der Waals surface area contributed by atoms with E-state index in [0.29, 0.717) is 27.6 Å². The third-order valence-corrected chi connectivity index (χ3v) is 2.72. The number of hydrogen-bond donors (Lipinski definition) is 0. The molecule has 0 N–H and O–H groups in total. The summed E-state index contributed by atoms with van der Waals surface area (Å²) in [5.41, 5.74) is 0.438. The van der Waals surface area contributed by atoms with Crippen LogP contribution in [0.15, 0.2) is 18.3 Å². The van der Waals surface area contributed by atoms with E-state index >= 15 is 0 Å². The normalized spacial score (nSPS) is 10.3. The van der Waals surface area contributed by atoms with Crippen LogP contribution in [0, 0.1) is 0 Å². The SMILES string of the molecule is COc1cc(OC)c2cnc(Cl)cc2c1C=O. The van der Waals surface area contributed by atoms with Crippen molar-refractivity contribution in [2.75, 3.05) is 14.2 Å². The first kappa shape index (κ1) is 11.7. The van der Waals surface area contributed by atoms with Crippen LogP contribution in [0.3, 0.4) is 0 Å². The average molecular weight is 252 g/mol. The second kappa shape index (κ2) is 4.59. The molecule has 5 heteroatoms. The summed E-state index contributed by atoms with van der Waals surface area (Å²) in [4.78, 5) is 15.1. The third-order valence-electron chi connectivity index (χ3n) is 2.51. The Hall–Kier alpha value is -1.81. The van der Waals surface area contributed by atoms with Crippen molar-refractivity contribution in [3.63, 3.8) is 0 Å². The quantitative estimate of drug-likeness (QED) is 0.622. The van der Waals surface area contributed by atoms with Crippen LogP contribution in [-0.2, 0) is 0 Å². The number of rotatable bonds is 3. The van der Waals surface area contributed by atoms with Crippen molar-refractivity contribution in [1.29, 1.82) is 0 Å². The molecule has 4 nitrogen and oxygen atoms in total. The highest BCUT2D eigenvalue weighted by molar-refractivity contribution is 6.30. The first-order valence-electron chi connectivity index (χ1n) is 4.86. The number of fused-ring (bicyclic) bond motifs is 1. The number of methoxy groups -OCH3 is 2. The molecule has 17 heavy (non-hydrogen) atoms. The average Bonchev–Trinajstić information content (AvgIpc) is 2.36. The van der Waals surface area contributed by atoms with Crippen LogP contribution >= 0.6 is 11.6 Å². The van der Waals surface area contributed by atoms with Gasteiger partial charge in [-0.1, -0.05) is 11.6 Å². The van der Waals surface area contributed by atoms with E-state index < -0.39 is 0 Å². The minimum absolute atomic E-state index is 0.316. The Bertz CT molecular complexity index is 583. The summed E-state index contributed by atoms with van der Waals surface area (Å²) in [5.74, 6) is 1.04. The maximum atomic E-state index is 11.1. The van der Waals surface area contributed by atoms with Gasteiger partial charge in [-0.3, -0.25) is 4.79 Å². The smallest absolute Gasteiger partial charge is 0.154 e. The van der Waals surface area contributed by atoms with Gasteiger partial charge in [-0.25, -0.2) is 4.98 Å². The van der Waals surface area contributed by atoms with E-state index in [-0.39, 0.29) is 0 Å². The van der Waals surface area contributed by atoms with Crippen molar-refractivity contribution in [2.24, 2.45) is 0 Å². The van der Waals surface area contributed by atoms with Gasteiger partial charge < -0.3 is 9.47 Å². The standard InChI is InChI=1S/C12H10ClNO3/c1-16-10-4-11(17-2)9(6-15)7-3-12(13)14-5-8(7)10/h3-6H,1-2H3. The summed E-state index contributed by atoms with van der Waals surface area (Å²) in [6.45, 7) is 0. The molecule has 2 aromatic rings. The van der Waals surface area contributed by atoms with Gasteiger partial charge in [-0.2, -0.15) is 0 Å². The molecule has 88 valence electrons. The van der Waals surface area contributed by atoms with Crippen LogP contribution < -0.4 is 9.47 Å². The first-order chi connectivity index (χ1) is 8.21. The molecule has 0 spiro atoms. The second-order valence-corrected chi connectivity index (χ2v) is 3.75. The fourth-order valence-corrected chi connectivity index (χ4v) is 1.87. The molecular weight excluding hydrogens is 242 g/mol. The van der Waals surface area contributed by atoms with E-state index in [1.54, 1.807) is 25.4 Å². The fourth-order valence-electron chi connectivity index (χ4n) is 1.72. The largest absolute Gasteiger partial charge is 0.496 e. The Kier molecular flexibility index (Phi) is 3.15. The van der Waals surface area contributed by atoms with Gasteiger partial charge in [0.1, 0.15) is 16.7 Å². The van der Waals surface area contributed by atoms with Crippen molar-refractivity contribution in [1.82, 2.24) is 4.98 Å². The Morgan fingerprint density at radius 1 is 1.18 bits per heavy atom. The van der Waals surface area contributed by atoms with Gasteiger partial charge in [0.05, 0.1) is 19.8 Å². The van der Waals surface area contributed by atoms with Crippen molar-refractivity contribution < 1.29 is 14.3 Å². The molecule has 1 aromatic carbocycles. The summed E-state index contributed by atoms with van der Waals surface area (Å²) >= 11 is 5.83. The molecule has 0 fully saturated rings. The topological polar surface area (TPSA) is 48.4 Å². The number of pyridine rings is 1. The van der Waals surface area contributed by atoms with Crippen LogP contribution in [0.2, 0.25) is 5.15 Å². The van der Waals surface area contributed by atoms with Crippen LogP contribution in [0.4, 0.5) is 0 Å². The Morgan fingerprint density at radius 3 is 2.47 bits per heavy atom. The van der Waals surface area contributed by atoms with Gasteiger partial charge in [0, 0.05) is 23.0 Å². The Morgan fingerprint density at radius 2 is 1.88 bits per heavy atom. The minimum atomic E-state index is 0.316. The number of carbonyl (C=O) groups is 1. The highest BCUT2D eigenvalue weighted by Crippen LogP contribution is 2.35. The van der Waals surface area contributed by atoms with Crippen molar-refractivity contribution >= 4 is 28.7 Å². The number of benzene rings is 1. The van der Waals surface area contributed by atoms with E-state index in [0.717, 1.165) is 11.7 Å².